The zero-order valence-electron chi connectivity index (χ0n) is 15.4. The molecule has 0 radical (unpaired) electrons. The van der Waals surface area contributed by atoms with Gasteiger partial charge >= 0.3 is 0 Å². The molecule has 0 aromatic heterocycles. The van der Waals surface area contributed by atoms with Gasteiger partial charge in [0.1, 0.15) is 0 Å². The fourth-order valence-electron chi connectivity index (χ4n) is 5.54. The summed E-state index contributed by atoms with van der Waals surface area (Å²) in [6, 6.07) is 0. The smallest absolute Gasteiger partial charge is 0.231 e. The van der Waals surface area contributed by atoms with E-state index in [0.717, 1.165) is 71.5 Å². The number of amides is 1. The summed E-state index contributed by atoms with van der Waals surface area (Å²) in [6.07, 6.45) is 5.46. The Bertz CT molecular complexity index is 482. The number of rotatable bonds is 4. The Morgan fingerprint density at radius 1 is 1.32 bits per heavy atom. The highest BCUT2D eigenvalue weighted by Crippen LogP contribution is 2.53. The van der Waals surface area contributed by atoms with Crippen LogP contribution in [-0.4, -0.2) is 76.1 Å². The highest BCUT2D eigenvalue weighted by atomic mass is 16.5. The fourth-order valence-corrected chi connectivity index (χ4v) is 5.54. The summed E-state index contributed by atoms with van der Waals surface area (Å²) in [6.45, 7) is 5.78. The van der Waals surface area contributed by atoms with Crippen molar-refractivity contribution >= 4 is 5.91 Å². The van der Waals surface area contributed by atoms with Gasteiger partial charge in [0, 0.05) is 46.5 Å². The van der Waals surface area contributed by atoms with Gasteiger partial charge in [-0.15, -0.1) is 0 Å². The molecule has 4 aliphatic rings. The molecule has 3 heterocycles. The van der Waals surface area contributed by atoms with E-state index in [0.29, 0.717) is 24.3 Å². The standard InChI is InChI=1S/C19H32N2O4/c1-23-16-13-24-8-2-15(16)10-14-11-17-19(12-14,3-9-25-17)18(22)21-6-4-20-5-7-21/h14-17,20H,2-13H2,1H3/t14-,15-,16-,17-,19-/m1/s1. The zero-order chi connectivity index (χ0) is 17.3. The van der Waals surface area contributed by atoms with Crippen LogP contribution >= 0.6 is 0 Å². The number of methoxy groups -OCH3 is 1. The van der Waals surface area contributed by atoms with Gasteiger partial charge in [-0.1, -0.05) is 0 Å². The van der Waals surface area contributed by atoms with Crippen LogP contribution < -0.4 is 5.32 Å². The second-order valence-electron chi connectivity index (χ2n) is 8.25. The van der Waals surface area contributed by atoms with E-state index in [4.69, 9.17) is 14.2 Å². The van der Waals surface area contributed by atoms with Gasteiger partial charge in [-0.05, 0) is 43.9 Å². The molecule has 25 heavy (non-hydrogen) atoms. The minimum absolute atomic E-state index is 0.126. The van der Waals surface area contributed by atoms with Gasteiger partial charge in [-0.2, -0.15) is 0 Å². The second kappa shape index (κ2) is 7.51. The molecule has 1 aliphatic carbocycles. The van der Waals surface area contributed by atoms with Crippen molar-refractivity contribution in [3.05, 3.63) is 0 Å². The maximum atomic E-state index is 13.3. The van der Waals surface area contributed by atoms with Gasteiger partial charge in [-0.3, -0.25) is 4.79 Å². The Balaban J connectivity index is 1.43. The average molecular weight is 352 g/mol. The molecule has 0 aromatic rings. The van der Waals surface area contributed by atoms with Crippen LogP contribution in [0.1, 0.15) is 32.1 Å². The van der Waals surface area contributed by atoms with Crippen molar-refractivity contribution in [3.63, 3.8) is 0 Å². The average Bonchev–Trinajstić information content (AvgIpc) is 3.20. The minimum atomic E-state index is -0.254. The molecule has 0 bridgehead atoms. The first-order chi connectivity index (χ1) is 12.2. The van der Waals surface area contributed by atoms with Crippen LogP contribution in [0.4, 0.5) is 0 Å². The van der Waals surface area contributed by atoms with E-state index in [-0.39, 0.29) is 17.6 Å². The highest BCUT2D eigenvalue weighted by molar-refractivity contribution is 5.84. The summed E-state index contributed by atoms with van der Waals surface area (Å²) < 4.78 is 17.2. The normalized spacial score (nSPS) is 41.7. The van der Waals surface area contributed by atoms with Crippen LogP contribution in [0.25, 0.3) is 0 Å². The van der Waals surface area contributed by atoms with E-state index >= 15 is 0 Å². The zero-order valence-corrected chi connectivity index (χ0v) is 15.4. The maximum absolute atomic E-state index is 13.3. The third-order valence-electron chi connectivity index (χ3n) is 6.89. The molecular weight excluding hydrogens is 320 g/mol. The molecule has 3 saturated heterocycles. The van der Waals surface area contributed by atoms with E-state index in [1.165, 1.54) is 0 Å². The van der Waals surface area contributed by atoms with E-state index < -0.39 is 0 Å². The molecule has 3 aliphatic heterocycles. The summed E-state index contributed by atoms with van der Waals surface area (Å²) in [5, 5.41) is 3.34. The number of ether oxygens (including phenoxy) is 3. The molecule has 4 rings (SSSR count). The Morgan fingerprint density at radius 2 is 2.16 bits per heavy atom. The Morgan fingerprint density at radius 3 is 2.96 bits per heavy atom. The third kappa shape index (κ3) is 3.34. The predicted molar refractivity (Wildman–Crippen MR) is 93.3 cm³/mol. The molecule has 4 fully saturated rings. The van der Waals surface area contributed by atoms with Crippen LogP contribution in [-0.2, 0) is 19.0 Å². The van der Waals surface area contributed by atoms with Gasteiger partial charge in [0.05, 0.1) is 24.2 Å². The molecule has 0 aromatic carbocycles. The number of fused-ring (bicyclic) bond motifs is 1. The molecule has 6 nitrogen and oxygen atoms in total. The molecule has 1 N–H and O–H groups in total. The molecule has 1 amide bonds. The lowest BCUT2D eigenvalue weighted by molar-refractivity contribution is -0.144. The number of carbonyl (C=O) groups is 1. The van der Waals surface area contributed by atoms with Crippen LogP contribution in [0.15, 0.2) is 0 Å². The van der Waals surface area contributed by atoms with Gasteiger partial charge < -0.3 is 24.4 Å². The lowest BCUT2D eigenvalue weighted by atomic mass is 9.78. The SMILES string of the molecule is CO[C@@H]1COCC[C@@H]1C[C@@H]1C[C@H]2OCC[C@@]2(C(=O)N2CCNCC2)C1. The minimum Gasteiger partial charge on any atom is -0.379 e. The molecule has 5 atom stereocenters. The number of carbonyl (C=O) groups excluding carboxylic acids is 1. The van der Waals surface area contributed by atoms with Crippen molar-refractivity contribution in [2.24, 2.45) is 17.3 Å². The number of hydrogen-bond acceptors (Lipinski definition) is 5. The molecule has 1 saturated carbocycles. The van der Waals surface area contributed by atoms with E-state index in [1.807, 2.05) is 0 Å². The van der Waals surface area contributed by atoms with E-state index in [2.05, 4.69) is 10.2 Å². The van der Waals surface area contributed by atoms with Crippen LogP contribution in [0.5, 0.6) is 0 Å². The number of piperazine rings is 1. The maximum Gasteiger partial charge on any atom is 0.231 e. The van der Waals surface area contributed by atoms with E-state index in [1.54, 1.807) is 7.11 Å². The first-order valence-corrected chi connectivity index (χ1v) is 9.95. The van der Waals surface area contributed by atoms with Gasteiger partial charge in [0.25, 0.3) is 0 Å². The Labute approximate surface area is 150 Å². The summed E-state index contributed by atoms with van der Waals surface area (Å²) in [4.78, 5) is 15.4. The van der Waals surface area contributed by atoms with Crippen LogP contribution in [0.2, 0.25) is 0 Å². The monoisotopic (exact) mass is 352 g/mol. The van der Waals surface area contributed by atoms with Crippen molar-refractivity contribution in [3.8, 4) is 0 Å². The van der Waals surface area contributed by atoms with Gasteiger partial charge in [-0.25, -0.2) is 0 Å². The van der Waals surface area contributed by atoms with Crippen molar-refractivity contribution in [2.45, 2.75) is 44.3 Å². The Hall–Kier alpha value is -0.690. The lowest BCUT2D eigenvalue weighted by Crippen LogP contribution is -2.53. The molecule has 0 unspecified atom stereocenters. The van der Waals surface area contributed by atoms with E-state index in [9.17, 15) is 4.79 Å². The fraction of sp³-hybridized carbons (Fsp3) is 0.947. The van der Waals surface area contributed by atoms with Crippen LogP contribution in [0.3, 0.4) is 0 Å². The molecule has 142 valence electrons. The van der Waals surface area contributed by atoms with Gasteiger partial charge in [0.2, 0.25) is 5.91 Å². The van der Waals surface area contributed by atoms with Crippen molar-refractivity contribution in [1.82, 2.24) is 10.2 Å². The highest BCUT2D eigenvalue weighted by Gasteiger charge is 2.57. The summed E-state index contributed by atoms with van der Waals surface area (Å²) >= 11 is 0. The predicted octanol–water partition coefficient (Wildman–Crippen LogP) is 1.05. The van der Waals surface area contributed by atoms with Crippen LogP contribution in [0, 0.1) is 17.3 Å². The second-order valence-corrected chi connectivity index (χ2v) is 8.25. The molecular formula is C19H32N2O4. The van der Waals surface area contributed by atoms with Crippen molar-refractivity contribution in [1.29, 1.82) is 0 Å². The molecule has 6 heteroatoms. The summed E-state index contributed by atoms with van der Waals surface area (Å²) in [5.41, 5.74) is -0.254. The summed E-state index contributed by atoms with van der Waals surface area (Å²) in [7, 11) is 1.79. The summed E-state index contributed by atoms with van der Waals surface area (Å²) in [5.74, 6) is 1.47. The van der Waals surface area contributed by atoms with Crippen molar-refractivity contribution in [2.75, 3.05) is 53.1 Å². The van der Waals surface area contributed by atoms with Crippen molar-refractivity contribution < 1.29 is 19.0 Å². The third-order valence-corrected chi connectivity index (χ3v) is 6.89. The lowest BCUT2D eigenvalue weighted by Gasteiger charge is -2.36. The Kier molecular flexibility index (Phi) is 5.32. The first-order valence-electron chi connectivity index (χ1n) is 9.95. The largest absolute Gasteiger partial charge is 0.379 e. The van der Waals surface area contributed by atoms with Gasteiger partial charge in [0.15, 0.2) is 0 Å². The number of hydrogen-bond donors (Lipinski definition) is 1. The molecule has 0 spiro atoms. The number of nitrogens with one attached hydrogen (secondary N) is 1. The topological polar surface area (TPSA) is 60.0 Å². The first kappa shape index (κ1) is 17.7. The number of nitrogens with zero attached hydrogens (tertiary/aromatic N) is 1. The quantitative estimate of drug-likeness (QED) is 0.819.